The van der Waals surface area contributed by atoms with Gasteiger partial charge in [-0.25, -0.2) is 0 Å². The first-order chi connectivity index (χ1) is 38.7. The number of aliphatic hydroxyl groups excluding tert-OH is 2. The van der Waals surface area contributed by atoms with Crippen molar-refractivity contribution in [1.29, 1.82) is 0 Å². The van der Waals surface area contributed by atoms with E-state index >= 15 is 0 Å². The number of amides is 1. The lowest BCUT2D eigenvalue weighted by Crippen LogP contribution is -2.45. The maximum absolute atomic E-state index is 12.5. The minimum absolute atomic E-state index is 0.0726. The van der Waals surface area contributed by atoms with E-state index in [0.29, 0.717) is 6.42 Å². The third-order valence-electron chi connectivity index (χ3n) is 16.1. The lowest BCUT2D eigenvalue weighted by Gasteiger charge is -2.19. The van der Waals surface area contributed by atoms with E-state index in [2.05, 4.69) is 79.9 Å². The second-order valence-corrected chi connectivity index (χ2v) is 23.9. The van der Waals surface area contributed by atoms with Crippen molar-refractivity contribution < 1.29 is 15.0 Å². The fourth-order valence-corrected chi connectivity index (χ4v) is 10.8. The van der Waals surface area contributed by atoms with Crippen molar-refractivity contribution in [2.45, 2.75) is 386 Å². The number of carbonyl (C=O) groups is 1. The van der Waals surface area contributed by atoms with Crippen molar-refractivity contribution in [3.05, 3.63) is 72.9 Å². The number of allylic oxidation sites excluding steroid dienone is 11. The Balaban J connectivity index is 3.48. The summed E-state index contributed by atoms with van der Waals surface area (Å²) in [5.41, 5.74) is 0. The molecule has 456 valence electrons. The largest absolute Gasteiger partial charge is 0.394 e. The van der Waals surface area contributed by atoms with Crippen LogP contribution in [0, 0.1) is 0 Å². The molecule has 0 rings (SSSR count). The third-order valence-corrected chi connectivity index (χ3v) is 16.1. The highest BCUT2D eigenvalue weighted by Gasteiger charge is 2.18. The molecule has 4 nitrogen and oxygen atoms in total. The number of aliphatic hydroxyl groups is 2. The molecular weight excluding hydrogens is 951 g/mol. The summed E-state index contributed by atoms with van der Waals surface area (Å²) in [5, 5.41) is 23.3. The lowest BCUT2D eigenvalue weighted by molar-refractivity contribution is -0.123. The zero-order valence-corrected chi connectivity index (χ0v) is 52.7. The van der Waals surface area contributed by atoms with Crippen LogP contribution in [-0.2, 0) is 4.79 Å². The molecule has 0 aromatic rings. The number of hydrogen-bond donors (Lipinski definition) is 3. The summed E-state index contributed by atoms with van der Waals surface area (Å²) in [7, 11) is 0. The summed E-state index contributed by atoms with van der Waals surface area (Å²) >= 11 is 0. The summed E-state index contributed by atoms with van der Waals surface area (Å²) in [4.78, 5) is 12.5. The van der Waals surface area contributed by atoms with Crippen LogP contribution in [0.25, 0.3) is 0 Å². The molecule has 0 saturated carbocycles. The van der Waals surface area contributed by atoms with Gasteiger partial charge in [-0.2, -0.15) is 0 Å². The fourth-order valence-electron chi connectivity index (χ4n) is 10.8. The molecule has 2 unspecified atom stereocenters. The van der Waals surface area contributed by atoms with Crippen LogP contribution < -0.4 is 5.32 Å². The molecule has 0 aliphatic heterocycles. The molecule has 4 heteroatoms. The van der Waals surface area contributed by atoms with Gasteiger partial charge >= 0.3 is 0 Å². The van der Waals surface area contributed by atoms with Gasteiger partial charge in [0.1, 0.15) is 0 Å². The zero-order chi connectivity index (χ0) is 56.2. The summed E-state index contributed by atoms with van der Waals surface area (Å²) in [6.45, 7) is 4.32. The molecule has 1 amide bonds. The second kappa shape index (κ2) is 69.1. The van der Waals surface area contributed by atoms with Gasteiger partial charge in [0, 0.05) is 6.42 Å². The Morgan fingerprint density at radius 1 is 0.308 bits per heavy atom. The topological polar surface area (TPSA) is 69.6 Å². The van der Waals surface area contributed by atoms with E-state index in [9.17, 15) is 15.0 Å². The van der Waals surface area contributed by atoms with Crippen molar-refractivity contribution in [1.82, 2.24) is 5.32 Å². The van der Waals surface area contributed by atoms with Gasteiger partial charge in [0.15, 0.2) is 0 Å². The Bertz CT molecular complexity index is 1330. The van der Waals surface area contributed by atoms with Gasteiger partial charge in [-0.1, -0.05) is 356 Å². The number of rotatable bonds is 65. The molecule has 2 atom stereocenters. The van der Waals surface area contributed by atoms with E-state index in [1.54, 1.807) is 6.08 Å². The molecule has 0 radical (unpaired) electrons. The summed E-state index contributed by atoms with van der Waals surface area (Å²) in [6, 6.07) is -0.649. The zero-order valence-electron chi connectivity index (χ0n) is 52.7. The van der Waals surface area contributed by atoms with Gasteiger partial charge in [0.2, 0.25) is 5.91 Å². The van der Waals surface area contributed by atoms with Crippen LogP contribution in [0.5, 0.6) is 0 Å². The summed E-state index contributed by atoms with van der Waals surface area (Å²) < 4.78 is 0. The smallest absolute Gasteiger partial charge is 0.220 e. The third kappa shape index (κ3) is 64.6. The van der Waals surface area contributed by atoms with Gasteiger partial charge < -0.3 is 15.5 Å². The van der Waals surface area contributed by atoms with Crippen molar-refractivity contribution in [2.75, 3.05) is 6.61 Å². The molecule has 0 saturated heterocycles. The molecule has 3 N–H and O–H groups in total. The highest BCUT2D eigenvalue weighted by atomic mass is 16.3. The predicted octanol–water partition coefficient (Wildman–Crippen LogP) is 24.0. The van der Waals surface area contributed by atoms with Crippen LogP contribution in [0.2, 0.25) is 0 Å². The summed E-state index contributed by atoms with van der Waals surface area (Å²) in [5.74, 6) is -0.0726. The fraction of sp³-hybridized carbons (Fsp3) is 0.824. The average Bonchev–Trinajstić information content (AvgIpc) is 3.44. The second-order valence-electron chi connectivity index (χ2n) is 23.9. The number of unbranched alkanes of at least 4 members (excludes halogenated alkanes) is 48. The van der Waals surface area contributed by atoms with Crippen molar-refractivity contribution in [3.8, 4) is 0 Å². The normalized spacial score (nSPS) is 13.1. The van der Waals surface area contributed by atoms with Crippen LogP contribution in [0.15, 0.2) is 72.9 Å². The highest BCUT2D eigenvalue weighted by Crippen LogP contribution is 2.18. The van der Waals surface area contributed by atoms with E-state index < -0.39 is 12.1 Å². The molecule has 0 aliphatic rings. The number of hydrogen-bond acceptors (Lipinski definition) is 3. The lowest BCUT2D eigenvalue weighted by atomic mass is 10.0. The highest BCUT2D eigenvalue weighted by molar-refractivity contribution is 5.76. The molecule has 78 heavy (non-hydrogen) atoms. The monoisotopic (exact) mass is 1090 g/mol. The van der Waals surface area contributed by atoms with E-state index in [-0.39, 0.29) is 12.5 Å². The average molecular weight is 1090 g/mol. The summed E-state index contributed by atoms with van der Waals surface area (Å²) in [6.07, 6.45) is 99.9. The van der Waals surface area contributed by atoms with E-state index in [1.165, 1.54) is 302 Å². The van der Waals surface area contributed by atoms with E-state index in [4.69, 9.17) is 0 Å². The first kappa shape index (κ1) is 75.8. The Morgan fingerprint density at radius 2 is 0.538 bits per heavy atom. The van der Waals surface area contributed by atoms with E-state index in [1.807, 2.05) is 6.08 Å². The number of carbonyl (C=O) groups excluding carboxylic acids is 1. The van der Waals surface area contributed by atoms with Gasteiger partial charge in [0.25, 0.3) is 0 Å². The van der Waals surface area contributed by atoms with E-state index in [0.717, 1.165) is 51.4 Å². The van der Waals surface area contributed by atoms with Crippen molar-refractivity contribution >= 4 is 5.91 Å². The van der Waals surface area contributed by atoms with Gasteiger partial charge in [-0.3, -0.25) is 4.79 Å². The van der Waals surface area contributed by atoms with Gasteiger partial charge in [-0.15, -0.1) is 0 Å². The molecular formula is C74H137NO3. The van der Waals surface area contributed by atoms with Crippen molar-refractivity contribution in [2.24, 2.45) is 0 Å². The molecule has 0 heterocycles. The minimum Gasteiger partial charge on any atom is -0.394 e. The minimum atomic E-state index is -0.873. The number of nitrogens with one attached hydrogen (secondary N) is 1. The SMILES string of the molecule is CCCCCCC/C=C\C/C=C\C/C=C\CCCCCCCCCCCCCCCCCCCCCCCCC(=O)NC(CO)C(O)/C=C/CC/C=C/CC/C=C/CCCCCCCCCCCCCCCCCCCCC. The molecule has 0 aliphatic carbocycles. The van der Waals surface area contributed by atoms with Crippen LogP contribution in [0.3, 0.4) is 0 Å². The van der Waals surface area contributed by atoms with Crippen molar-refractivity contribution in [3.63, 3.8) is 0 Å². The Hall–Kier alpha value is -2.17. The van der Waals surface area contributed by atoms with Crippen LogP contribution in [-0.4, -0.2) is 34.9 Å². The standard InChI is InChI=1S/C74H137NO3/c1-3-5-7-9-11-13-15-17-19-21-23-25-27-29-31-33-34-35-36-37-38-39-40-42-44-46-48-50-52-54-56-58-60-62-64-66-68-70-74(78)75-72(71-76)73(77)69-67-65-63-61-59-57-55-53-51-49-47-45-43-41-32-30-28-26-24-22-20-18-16-14-12-10-8-6-4-2/h15,17,21,23,27,29,51,53,59,61,67,69,72-73,76-77H,3-14,16,18-20,22,24-26,28,30-50,52,54-58,60,62-66,68,70-71H2,1-2H3,(H,75,78)/b17-15-,23-21-,29-27-,53-51+,61-59+,69-67+. The molecule has 0 spiro atoms. The molecule has 0 aromatic heterocycles. The maximum atomic E-state index is 12.5. The molecule has 0 bridgehead atoms. The Labute approximate surface area is 489 Å². The molecule has 0 fully saturated rings. The Kier molecular flexibility index (Phi) is 67.2. The predicted molar refractivity (Wildman–Crippen MR) is 350 cm³/mol. The van der Waals surface area contributed by atoms with Gasteiger partial charge in [0.05, 0.1) is 18.8 Å². The van der Waals surface area contributed by atoms with Crippen LogP contribution >= 0.6 is 0 Å². The first-order valence-electron chi connectivity index (χ1n) is 35.2. The van der Waals surface area contributed by atoms with Gasteiger partial charge in [-0.05, 0) is 83.5 Å². The van der Waals surface area contributed by atoms with Crippen LogP contribution in [0.1, 0.15) is 373 Å². The maximum Gasteiger partial charge on any atom is 0.220 e. The van der Waals surface area contributed by atoms with Crippen LogP contribution in [0.4, 0.5) is 0 Å². The first-order valence-corrected chi connectivity index (χ1v) is 35.2. The Morgan fingerprint density at radius 3 is 0.833 bits per heavy atom. The molecule has 0 aromatic carbocycles. The quantitative estimate of drug-likeness (QED) is 0.0420.